The Bertz CT molecular complexity index is 312. The molecule has 0 amide bonds. The molecule has 1 fully saturated rings. The first kappa shape index (κ1) is 9.94. The van der Waals surface area contributed by atoms with Gasteiger partial charge in [0.1, 0.15) is 6.54 Å². The first-order valence-electron chi connectivity index (χ1n) is 5.24. The van der Waals surface area contributed by atoms with Gasteiger partial charge in [0.25, 0.3) is 0 Å². The molecule has 0 saturated carbocycles. The van der Waals surface area contributed by atoms with Gasteiger partial charge in [0.05, 0.1) is 20.0 Å². The van der Waals surface area contributed by atoms with Crippen molar-refractivity contribution in [1.29, 1.82) is 0 Å². The summed E-state index contributed by atoms with van der Waals surface area (Å²) in [7, 11) is 4.19. The molecule has 0 spiro atoms. The summed E-state index contributed by atoms with van der Waals surface area (Å²) in [5, 5.41) is 10.3. The van der Waals surface area contributed by atoms with Crippen LogP contribution in [0.4, 0.5) is 0 Å². The highest BCUT2D eigenvalue weighted by molar-refractivity contribution is 5.29. The number of likely N-dealkylation sites (tertiary alicyclic amines) is 1. The Morgan fingerprint density at radius 3 is 2.64 bits per heavy atom. The van der Waals surface area contributed by atoms with Gasteiger partial charge in [-0.3, -0.25) is 4.48 Å². The van der Waals surface area contributed by atoms with Crippen LogP contribution >= 0.6 is 0 Å². The zero-order chi connectivity index (χ0) is 10.6. The molecule has 2 atom stereocenters. The second kappa shape index (κ2) is 2.71. The Hall–Kier alpha value is -0.600. The van der Waals surface area contributed by atoms with Crippen LogP contribution in [0.3, 0.4) is 0 Å². The van der Waals surface area contributed by atoms with Crippen LogP contribution in [-0.2, 0) is 0 Å². The van der Waals surface area contributed by atoms with Gasteiger partial charge in [0, 0.05) is 0 Å². The average molecular weight is 194 g/mol. The summed E-state index contributed by atoms with van der Waals surface area (Å²) in [4.78, 5) is 0. The minimum atomic E-state index is -0.263. The summed E-state index contributed by atoms with van der Waals surface area (Å²) in [5.41, 5.74) is 1.49. The third kappa shape index (κ3) is 1.25. The van der Waals surface area contributed by atoms with E-state index in [9.17, 15) is 5.11 Å². The molecular formula is C12H20NO+. The van der Waals surface area contributed by atoms with E-state index in [4.69, 9.17) is 0 Å². The molecule has 78 valence electrons. The molecule has 0 radical (unpaired) electrons. The fraction of sp³-hybridized carbons (Fsp3) is 0.667. The molecule has 2 rings (SSSR count). The van der Waals surface area contributed by atoms with Crippen LogP contribution in [0.15, 0.2) is 23.8 Å². The molecule has 0 aromatic carbocycles. The second-order valence-electron chi connectivity index (χ2n) is 5.75. The van der Waals surface area contributed by atoms with Gasteiger partial charge in [-0.1, -0.05) is 32.1 Å². The standard InChI is InChI=1S/C12H20NO/c1-12(2)7-5-6-9-8-13(3,4)11(14)10(9)12/h5-7,10-11,14H,8H2,1-4H3/q+1. The van der Waals surface area contributed by atoms with E-state index in [-0.39, 0.29) is 11.6 Å². The van der Waals surface area contributed by atoms with Gasteiger partial charge in [0.2, 0.25) is 0 Å². The van der Waals surface area contributed by atoms with E-state index in [0.29, 0.717) is 10.4 Å². The van der Waals surface area contributed by atoms with Crippen molar-refractivity contribution < 1.29 is 9.59 Å². The summed E-state index contributed by atoms with van der Waals surface area (Å²) in [6, 6.07) is 0. The third-order valence-electron chi connectivity index (χ3n) is 3.64. The summed E-state index contributed by atoms with van der Waals surface area (Å²) in [6.45, 7) is 5.38. The van der Waals surface area contributed by atoms with E-state index >= 15 is 0 Å². The van der Waals surface area contributed by atoms with Crippen molar-refractivity contribution in [2.45, 2.75) is 20.1 Å². The van der Waals surface area contributed by atoms with Gasteiger partial charge in [-0.15, -0.1) is 0 Å². The van der Waals surface area contributed by atoms with Gasteiger partial charge in [0.15, 0.2) is 6.23 Å². The van der Waals surface area contributed by atoms with E-state index in [2.05, 4.69) is 46.2 Å². The summed E-state index contributed by atoms with van der Waals surface area (Å²) in [5.74, 6) is 0.294. The molecule has 14 heavy (non-hydrogen) atoms. The van der Waals surface area contributed by atoms with Gasteiger partial charge in [-0.25, -0.2) is 0 Å². The fourth-order valence-electron chi connectivity index (χ4n) is 2.80. The Morgan fingerprint density at radius 1 is 1.43 bits per heavy atom. The highest BCUT2D eigenvalue weighted by Gasteiger charge is 2.51. The number of fused-ring (bicyclic) bond motifs is 1. The first-order chi connectivity index (χ1) is 6.34. The number of quaternary nitrogens is 1. The Morgan fingerprint density at radius 2 is 2.07 bits per heavy atom. The molecule has 2 nitrogen and oxygen atoms in total. The third-order valence-corrected chi connectivity index (χ3v) is 3.64. The average Bonchev–Trinajstić information content (AvgIpc) is 2.22. The number of aliphatic hydroxyl groups is 1. The van der Waals surface area contributed by atoms with Crippen LogP contribution in [-0.4, -0.2) is 36.5 Å². The quantitative estimate of drug-likeness (QED) is 0.580. The second-order valence-corrected chi connectivity index (χ2v) is 5.75. The predicted molar refractivity (Wildman–Crippen MR) is 57.5 cm³/mol. The Labute approximate surface area is 86.1 Å². The van der Waals surface area contributed by atoms with Crippen molar-refractivity contribution in [2.24, 2.45) is 11.3 Å². The molecule has 1 heterocycles. The maximum Gasteiger partial charge on any atom is 0.198 e. The van der Waals surface area contributed by atoms with Crippen molar-refractivity contribution in [1.82, 2.24) is 0 Å². The molecule has 1 saturated heterocycles. The van der Waals surface area contributed by atoms with E-state index in [1.54, 1.807) is 0 Å². The molecule has 2 aliphatic rings. The highest BCUT2D eigenvalue weighted by Crippen LogP contribution is 2.46. The Kier molecular flexibility index (Phi) is 1.92. The maximum atomic E-state index is 10.3. The number of likely N-dealkylation sites (N-methyl/N-ethyl adjacent to an activating group) is 1. The molecule has 0 aromatic rings. The van der Waals surface area contributed by atoms with Gasteiger partial charge in [-0.2, -0.15) is 0 Å². The number of hydrogen-bond acceptors (Lipinski definition) is 1. The SMILES string of the molecule is CC1(C)C=CC=C2C[N+](C)(C)C(O)C21. The monoisotopic (exact) mass is 194 g/mol. The molecule has 1 aliphatic carbocycles. The number of allylic oxidation sites excluding steroid dienone is 3. The first-order valence-corrected chi connectivity index (χ1v) is 5.24. The zero-order valence-electron chi connectivity index (χ0n) is 9.49. The van der Waals surface area contributed by atoms with Crippen LogP contribution < -0.4 is 0 Å². The lowest BCUT2D eigenvalue weighted by Crippen LogP contribution is -2.48. The van der Waals surface area contributed by atoms with Gasteiger partial charge < -0.3 is 5.11 Å². The fourth-order valence-corrected chi connectivity index (χ4v) is 2.80. The minimum absolute atomic E-state index is 0.0928. The molecule has 1 N–H and O–H groups in total. The number of rotatable bonds is 0. The number of hydrogen-bond donors (Lipinski definition) is 1. The smallest absolute Gasteiger partial charge is 0.198 e. The highest BCUT2D eigenvalue weighted by atomic mass is 16.3. The topological polar surface area (TPSA) is 20.2 Å². The van der Waals surface area contributed by atoms with Crippen molar-refractivity contribution in [3.05, 3.63) is 23.8 Å². The van der Waals surface area contributed by atoms with Crippen molar-refractivity contribution in [3.8, 4) is 0 Å². The molecule has 2 unspecified atom stereocenters. The van der Waals surface area contributed by atoms with Crippen LogP contribution in [0.25, 0.3) is 0 Å². The maximum absolute atomic E-state index is 10.3. The van der Waals surface area contributed by atoms with E-state index in [1.165, 1.54) is 5.57 Å². The van der Waals surface area contributed by atoms with Crippen LogP contribution in [0.1, 0.15) is 13.8 Å². The van der Waals surface area contributed by atoms with E-state index < -0.39 is 0 Å². The molecular weight excluding hydrogens is 174 g/mol. The lowest BCUT2D eigenvalue weighted by Gasteiger charge is -2.35. The number of nitrogens with zero attached hydrogens (tertiary/aromatic N) is 1. The van der Waals surface area contributed by atoms with E-state index in [1.807, 2.05) is 0 Å². The van der Waals surface area contributed by atoms with Crippen molar-refractivity contribution in [3.63, 3.8) is 0 Å². The van der Waals surface area contributed by atoms with Gasteiger partial charge in [-0.05, 0) is 11.0 Å². The van der Waals surface area contributed by atoms with E-state index in [0.717, 1.165) is 6.54 Å². The molecule has 2 heteroatoms. The summed E-state index contributed by atoms with van der Waals surface area (Å²) < 4.78 is 0.696. The van der Waals surface area contributed by atoms with Crippen LogP contribution in [0.5, 0.6) is 0 Å². The summed E-state index contributed by atoms with van der Waals surface area (Å²) >= 11 is 0. The molecule has 1 aliphatic heterocycles. The predicted octanol–water partition coefficient (Wildman–Crippen LogP) is 1.53. The largest absolute Gasteiger partial charge is 0.344 e. The lowest BCUT2D eigenvalue weighted by atomic mass is 9.72. The van der Waals surface area contributed by atoms with Crippen molar-refractivity contribution in [2.75, 3.05) is 20.6 Å². The van der Waals surface area contributed by atoms with Gasteiger partial charge >= 0.3 is 0 Å². The lowest BCUT2D eigenvalue weighted by molar-refractivity contribution is -0.924. The summed E-state index contributed by atoms with van der Waals surface area (Å²) in [6.07, 6.45) is 6.24. The minimum Gasteiger partial charge on any atom is -0.344 e. The van der Waals surface area contributed by atoms with Crippen LogP contribution in [0.2, 0.25) is 0 Å². The van der Waals surface area contributed by atoms with Crippen LogP contribution in [0, 0.1) is 11.3 Å². The Balaban J connectivity index is 2.41. The zero-order valence-corrected chi connectivity index (χ0v) is 9.49. The van der Waals surface area contributed by atoms with Crippen molar-refractivity contribution >= 4 is 0 Å². The molecule has 0 bridgehead atoms. The molecule has 0 aromatic heterocycles. The number of aliphatic hydroxyl groups excluding tert-OH is 1. The normalized spacial score (nSPS) is 37.9.